The molecule has 1 aromatic rings. The molecule has 1 N–H and O–H groups in total. The average Bonchev–Trinajstić information content (AvgIpc) is 2.49. The minimum Gasteiger partial charge on any atom is -0.494 e. The smallest absolute Gasteiger partial charge is 0.119 e. The third-order valence-electron chi connectivity index (χ3n) is 3.87. The van der Waals surface area contributed by atoms with Gasteiger partial charge in [-0.25, -0.2) is 0 Å². The van der Waals surface area contributed by atoms with Gasteiger partial charge in [-0.1, -0.05) is 30.7 Å². The topological polar surface area (TPSA) is 21.3 Å². The average molecular weight is 273 g/mol. The Balaban J connectivity index is 2.10. The number of hydrogen-bond donors (Lipinski definition) is 1. The lowest BCUT2D eigenvalue weighted by Crippen LogP contribution is -2.21. The maximum atomic E-state index is 5.62. The van der Waals surface area contributed by atoms with Gasteiger partial charge in [0.1, 0.15) is 5.75 Å². The third kappa shape index (κ3) is 4.38. The summed E-state index contributed by atoms with van der Waals surface area (Å²) in [6.07, 6.45) is 8.81. The molecule has 110 valence electrons. The van der Waals surface area contributed by atoms with Crippen LogP contribution < -0.4 is 10.1 Å². The lowest BCUT2D eigenvalue weighted by molar-refractivity contribution is 0.339. The van der Waals surface area contributed by atoms with Crippen molar-refractivity contribution in [2.24, 2.45) is 0 Å². The van der Waals surface area contributed by atoms with Gasteiger partial charge in [0.2, 0.25) is 0 Å². The van der Waals surface area contributed by atoms with E-state index in [1.807, 2.05) is 13.0 Å². The Labute approximate surface area is 123 Å². The summed E-state index contributed by atoms with van der Waals surface area (Å²) in [6, 6.07) is 8.93. The summed E-state index contributed by atoms with van der Waals surface area (Å²) in [5, 5.41) is 3.62. The molecule has 1 aromatic carbocycles. The number of benzene rings is 1. The second-order valence-electron chi connectivity index (χ2n) is 5.43. The van der Waals surface area contributed by atoms with E-state index in [9.17, 15) is 0 Å². The van der Waals surface area contributed by atoms with Crippen molar-refractivity contribution in [2.75, 3.05) is 13.2 Å². The summed E-state index contributed by atoms with van der Waals surface area (Å²) in [7, 11) is 0. The van der Waals surface area contributed by atoms with E-state index in [0.29, 0.717) is 6.04 Å². The van der Waals surface area contributed by atoms with Gasteiger partial charge < -0.3 is 10.1 Å². The Morgan fingerprint density at radius 1 is 1.25 bits per heavy atom. The molecular weight excluding hydrogens is 246 g/mol. The van der Waals surface area contributed by atoms with E-state index >= 15 is 0 Å². The molecule has 2 rings (SSSR count). The quantitative estimate of drug-likeness (QED) is 0.732. The minimum absolute atomic E-state index is 0.407. The van der Waals surface area contributed by atoms with Gasteiger partial charge in [-0.05, 0) is 63.3 Å². The molecule has 0 bridgehead atoms. The Bertz CT molecular complexity index is 439. The molecule has 1 unspecified atom stereocenters. The van der Waals surface area contributed by atoms with E-state index in [1.54, 1.807) is 5.57 Å². The predicted octanol–water partition coefficient (Wildman–Crippen LogP) is 4.63. The van der Waals surface area contributed by atoms with Gasteiger partial charge in [0.25, 0.3) is 0 Å². The van der Waals surface area contributed by atoms with E-state index in [4.69, 9.17) is 4.74 Å². The lowest BCUT2D eigenvalue weighted by Gasteiger charge is -2.22. The molecule has 0 fully saturated rings. The normalized spacial score (nSPS) is 16.6. The Morgan fingerprint density at radius 2 is 2.15 bits per heavy atom. The monoisotopic (exact) mass is 273 g/mol. The molecule has 0 heterocycles. The number of ether oxygens (including phenoxy) is 1. The Morgan fingerprint density at radius 3 is 2.85 bits per heavy atom. The van der Waals surface area contributed by atoms with Crippen molar-refractivity contribution in [3.63, 3.8) is 0 Å². The summed E-state index contributed by atoms with van der Waals surface area (Å²) in [4.78, 5) is 0. The molecule has 0 spiro atoms. The molecule has 0 aromatic heterocycles. The maximum absolute atomic E-state index is 5.62. The third-order valence-corrected chi connectivity index (χ3v) is 3.87. The van der Waals surface area contributed by atoms with Crippen LogP contribution in [-0.4, -0.2) is 13.2 Å². The first kappa shape index (κ1) is 15.1. The van der Waals surface area contributed by atoms with Crippen molar-refractivity contribution in [3.8, 4) is 5.75 Å². The fraction of sp³-hybridized carbons (Fsp3) is 0.556. The van der Waals surface area contributed by atoms with Gasteiger partial charge in [0.15, 0.2) is 0 Å². The van der Waals surface area contributed by atoms with Crippen molar-refractivity contribution < 1.29 is 4.74 Å². The summed E-state index contributed by atoms with van der Waals surface area (Å²) in [5.74, 6) is 0.977. The molecule has 1 aliphatic carbocycles. The van der Waals surface area contributed by atoms with Crippen LogP contribution in [0.5, 0.6) is 5.75 Å². The van der Waals surface area contributed by atoms with E-state index in [1.165, 1.54) is 31.2 Å². The molecule has 1 aliphatic rings. The molecule has 2 heteroatoms. The second kappa shape index (κ2) is 8.11. The van der Waals surface area contributed by atoms with Crippen LogP contribution in [0.25, 0.3) is 0 Å². The lowest BCUT2D eigenvalue weighted by atomic mass is 9.91. The van der Waals surface area contributed by atoms with Crippen LogP contribution in [-0.2, 0) is 0 Å². The summed E-state index contributed by atoms with van der Waals surface area (Å²) in [6.45, 7) is 5.92. The largest absolute Gasteiger partial charge is 0.494 e. The summed E-state index contributed by atoms with van der Waals surface area (Å²) >= 11 is 0. The number of nitrogens with one attached hydrogen (secondary N) is 1. The van der Waals surface area contributed by atoms with Crippen LogP contribution in [0.2, 0.25) is 0 Å². The second-order valence-corrected chi connectivity index (χ2v) is 5.43. The van der Waals surface area contributed by atoms with Crippen LogP contribution in [0.1, 0.15) is 57.6 Å². The zero-order chi connectivity index (χ0) is 14.2. The Hall–Kier alpha value is -1.28. The highest BCUT2D eigenvalue weighted by atomic mass is 16.5. The molecule has 0 saturated carbocycles. The first-order valence-electron chi connectivity index (χ1n) is 7.97. The van der Waals surface area contributed by atoms with Crippen molar-refractivity contribution >= 4 is 0 Å². The van der Waals surface area contributed by atoms with Crippen molar-refractivity contribution in [3.05, 3.63) is 41.5 Å². The molecule has 0 aliphatic heterocycles. The van der Waals surface area contributed by atoms with Gasteiger partial charge in [-0.2, -0.15) is 0 Å². The van der Waals surface area contributed by atoms with Gasteiger partial charge >= 0.3 is 0 Å². The highest BCUT2D eigenvalue weighted by Gasteiger charge is 2.14. The Kier molecular flexibility index (Phi) is 6.13. The van der Waals surface area contributed by atoms with Gasteiger partial charge in [0, 0.05) is 6.04 Å². The summed E-state index contributed by atoms with van der Waals surface area (Å²) in [5.41, 5.74) is 2.95. The van der Waals surface area contributed by atoms with Crippen molar-refractivity contribution in [2.45, 2.75) is 52.0 Å². The number of hydrogen-bond acceptors (Lipinski definition) is 2. The van der Waals surface area contributed by atoms with Crippen LogP contribution in [0.3, 0.4) is 0 Å². The number of allylic oxidation sites excluding steroid dienone is 1. The molecule has 20 heavy (non-hydrogen) atoms. The van der Waals surface area contributed by atoms with Crippen molar-refractivity contribution in [1.82, 2.24) is 5.32 Å². The SMILES string of the molecule is CCNC(CC1=CCCCC1)c1cccc(OCC)c1. The van der Waals surface area contributed by atoms with E-state index in [2.05, 4.69) is 36.5 Å². The zero-order valence-corrected chi connectivity index (χ0v) is 12.8. The number of rotatable bonds is 7. The first-order chi connectivity index (χ1) is 9.83. The van der Waals surface area contributed by atoms with E-state index in [-0.39, 0.29) is 0 Å². The first-order valence-corrected chi connectivity index (χ1v) is 7.97. The molecule has 0 saturated heterocycles. The van der Waals surface area contributed by atoms with Crippen LogP contribution in [0, 0.1) is 0 Å². The van der Waals surface area contributed by atoms with E-state index in [0.717, 1.165) is 25.3 Å². The maximum Gasteiger partial charge on any atom is 0.119 e. The van der Waals surface area contributed by atoms with Crippen LogP contribution in [0.4, 0.5) is 0 Å². The van der Waals surface area contributed by atoms with Crippen LogP contribution in [0.15, 0.2) is 35.9 Å². The summed E-state index contributed by atoms with van der Waals surface area (Å²) < 4.78 is 5.62. The highest BCUT2D eigenvalue weighted by molar-refractivity contribution is 5.31. The zero-order valence-electron chi connectivity index (χ0n) is 12.8. The molecule has 0 amide bonds. The molecule has 2 nitrogen and oxygen atoms in total. The molecule has 0 radical (unpaired) electrons. The standard InChI is InChI=1S/C18H27NO/c1-3-19-18(13-15-9-6-5-7-10-15)16-11-8-12-17(14-16)20-4-2/h8-9,11-12,14,18-19H,3-7,10,13H2,1-2H3. The van der Waals surface area contributed by atoms with E-state index < -0.39 is 0 Å². The van der Waals surface area contributed by atoms with Gasteiger partial charge in [0.05, 0.1) is 6.61 Å². The van der Waals surface area contributed by atoms with Gasteiger partial charge in [-0.3, -0.25) is 0 Å². The predicted molar refractivity (Wildman–Crippen MR) is 85.2 cm³/mol. The fourth-order valence-electron chi connectivity index (χ4n) is 2.89. The minimum atomic E-state index is 0.407. The highest BCUT2D eigenvalue weighted by Crippen LogP contribution is 2.29. The molecular formula is C18H27NO. The molecule has 1 atom stereocenters. The van der Waals surface area contributed by atoms with Crippen LogP contribution >= 0.6 is 0 Å². The fourth-order valence-corrected chi connectivity index (χ4v) is 2.89. The van der Waals surface area contributed by atoms with Crippen molar-refractivity contribution in [1.29, 1.82) is 0 Å². The van der Waals surface area contributed by atoms with Gasteiger partial charge in [-0.15, -0.1) is 0 Å².